The normalized spacial score (nSPS) is 25.6. The number of benzene rings is 3. The van der Waals surface area contributed by atoms with Gasteiger partial charge in [-0.1, -0.05) is 169 Å². The third kappa shape index (κ3) is 18.7. The number of allylic oxidation sites excluding steroid dienone is 1. The molecule has 414 valence electrons. The van der Waals surface area contributed by atoms with Crippen LogP contribution < -0.4 is 0 Å². The minimum absolute atomic E-state index is 0.0296. The first-order valence-corrected chi connectivity index (χ1v) is 30.9. The molecule has 0 amide bonds. The molecule has 74 heavy (non-hydrogen) atoms. The molecule has 0 spiro atoms. The van der Waals surface area contributed by atoms with Crippen LogP contribution in [0.25, 0.3) is 0 Å². The fourth-order valence-electron chi connectivity index (χ4n) is 10.6. The summed E-state index contributed by atoms with van der Waals surface area (Å²) in [5, 5.41) is 0.0695. The van der Waals surface area contributed by atoms with Crippen LogP contribution in [0.3, 0.4) is 0 Å². The monoisotopic (exact) mass is 1040 g/mol. The van der Waals surface area contributed by atoms with E-state index in [1.165, 1.54) is 31.3 Å². The number of ether oxygens (including phenoxy) is 10. The van der Waals surface area contributed by atoms with E-state index in [1.807, 2.05) is 45.9 Å². The highest BCUT2D eigenvalue weighted by atomic mass is 28.4. The standard InChI is InChI=1S/C62H96O11Si/c1-14-15-16-17-27-34-50-52(71-61(7,8)70-50)40-55-58-59(73-62(9,10)72-58)57(67-44-63-11)54(69-55)39-46(3)37-45(2)38-53(65-42-48-30-23-19-24-31-48)56(66-43-49-32-25-20-26-33-49)51(64-41-47-28-21-18-22-29-47)35-36-68-74(12,13)60(4,5)6/h18-26,28-33,37,45,50-59H,14-17,27,34-36,38-44H2,1-13H3/b46-37+/t45-,50-,51-,52-,53+,54+,55-,56+,57-,58-,59+/m1/s1. The van der Waals surface area contributed by atoms with Gasteiger partial charge in [0.15, 0.2) is 19.9 Å². The largest absolute Gasteiger partial charge is 0.417 e. The summed E-state index contributed by atoms with van der Waals surface area (Å²) in [7, 11) is -0.414. The van der Waals surface area contributed by atoms with E-state index in [0.29, 0.717) is 52.1 Å². The lowest BCUT2D eigenvalue weighted by atomic mass is 9.87. The molecule has 3 aliphatic heterocycles. The lowest BCUT2D eigenvalue weighted by Gasteiger charge is -2.43. The minimum atomic E-state index is -2.06. The molecule has 0 radical (unpaired) electrons. The quantitative estimate of drug-likeness (QED) is 0.0266. The van der Waals surface area contributed by atoms with E-state index in [-0.39, 0.29) is 66.6 Å². The molecule has 0 unspecified atom stereocenters. The van der Waals surface area contributed by atoms with Gasteiger partial charge in [0.1, 0.15) is 31.2 Å². The van der Waals surface area contributed by atoms with E-state index in [0.717, 1.165) is 29.5 Å². The van der Waals surface area contributed by atoms with Gasteiger partial charge in [-0.15, -0.1) is 0 Å². The Kier molecular flexibility index (Phi) is 23.4. The molecule has 12 heteroatoms. The van der Waals surface area contributed by atoms with Gasteiger partial charge < -0.3 is 51.8 Å². The SMILES string of the molecule is CCCCCCC[C@H]1OC(C)(C)O[C@@H]1C[C@H]1O[C@@H](C/C(C)=C/[C@@H](C)C[C@H](OCc2ccccc2)[C@@H](OCc2ccccc2)[C@@H](CCO[Si](C)(C)C(C)(C)C)OCc2ccccc2)[C@@H](OCOC)[C@@H]2OC(C)(C)O[C@@H]21. The van der Waals surface area contributed by atoms with Crippen molar-refractivity contribution in [3.05, 3.63) is 119 Å². The fraction of sp³-hybridized carbons (Fsp3) is 0.677. The summed E-state index contributed by atoms with van der Waals surface area (Å²) < 4.78 is 74.0. The average Bonchev–Trinajstić information content (AvgIpc) is 3.84. The van der Waals surface area contributed by atoms with E-state index in [1.54, 1.807) is 7.11 Å². The molecule has 6 rings (SSSR count). The minimum Gasteiger partial charge on any atom is -0.417 e. The van der Waals surface area contributed by atoms with Crippen molar-refractivity contribution in [3.8, 4) is 0 Å². The van der Waals surface area contributed by atoms with Crippen molar-refractivity contribution in [2.24, 2.45) is 5.92 Å². The van der Waals surface area contributed by atoms with Crippen LogP contribution in [0.1, 0.15) is 150 Å². The summed E-state index contributed by atoms with van der Waals surface area (Å²) >= 11 is 0. The van der Waals surface area contributed by atoms with Gasteiger partial charge in [0.05, 0.1) is 56.4 Å². The first kappa shape index (κ1) is 60.4. The summed E-state index contributed by atoms with van der Waals surface area (Å²) in [5.74, 6) is -1.42. The Labute approximate surface area is 448 Å². The highest BCUT2D eigenvalue weighted by molar-refractivity contribution is 6.74. The molecule has 0 N–H and O–H groups in total. The maximum Gasteiger partial charge on any atom is 0.191 e. The van der Waals surface area contributed by atoms with Crippen LogP contribution in [0.15, 0.2) is 103 Å². The van der Waals surface area contributed by atoms with Crippen LogP contribution in [0.5, 0.6) is 0 Å². The summed E-state index contributed by atoms with van der Waals surface area (Å²) in [6.07, 6.45) is 8.80. The van der Waals surface area contributed by atoms with E-state index in [9.17, 15) is 0 Å². The molecule has 0 aliphatic carbocycles. The van der Waals surface area contributed by atoms with E-state index in [2.05, 4.69) is 134 Å². The molecule has 0 aromatic heterocycles. The van der Waals surface area contributed by atoms with Crippen LogP contribution >= 0.6 is 0 Å². The highest BCUT2D eigenvalue weighted by Gasteiger charge is 2.57. The van der Waals surface area contributed by atoms with Crippen molar-refractivity contribution >= 4 is 8.32 Å². The zero-order valence-corrected chi connectivity index (χ0v) is 48.7. The molecule has 3 fully saturated rings. The van der Waals surface area contributed by atoms with Crippen molar-refractivity contribution in [2.45, 2.75) is 244 Å². The molecular weight excluding hydrogens is 949 g/mol. The van der Waals surface area contributed by atoms with Crippen molar-refractivity contribution < 1.29 is 51.8 Å². The van der Waals surface area contributed by atoms with Gasteiger partial charge in [-0.05, 0) is 101 Å². The molecule has 3 saturated heterocycles. The number of unbranched alkanes of at least 4 members (excludes halogenated alkanes) is 4. The van der Waals surface area contributed by atoms with Gasteiger partial charge in [-0.2, -0.15) is 0 Å². The van der Waals surface area contributed by atoms with Crippen LogP contribution in [0.2, 0.25) is 18.1 Å². The number of hydrogen-bond donors (Lipinski definition) is 0. The van der Waals surface area contributed by atoms with Gasteiger partial charge in [0, 0.05) is 20.1 Å². The molecule has 3 heterocycles. The number of fused-ring (bicyclic) bond motifs is 1. The maximum absolute atomic E-state index is 7.22. The first-order valence-electron chi connectivity index (χ1n) is 28.0. The smallest absolute Gasteiger partial charge is 0.191 e. The molecule has 3 aromatic rings. The van der Waals surface area contributed by atoms with Gasteiger partial charge >= 0.3 is 0 Å². The first-order chi connectivity index (χ1) is 35.3. The Hall–Kier alpha value is -2.82. The third-order valence-corrected chi connectivity index (χ3v) is 19.8. The zero-order valence-electron chi connectivity index (χ0n) is 47.7. The maximum atomic E-state index is 7.22. The summed E-state index contributed by atoms with van der Waals surface area (Å²) in [6.45, 7) is 28.1. The molecular formula is C62H96O11Si. The van der Waals surface area contributed by atoms with Gasteiger partial charge in [-0.25, -0.2) is 0 Å². The van der Waals surface area contributed by atoms with E-state index >= 15 is 0 Å². The van der Waals surface area contributed by atoms with Crippen LogP contribution in [0, 0.1) is 5.92 Å². The van der Waals surface area contributed by atoms with Gasteiger partial charge in [-0.3, -0.25) is 0 Å². The number of rotatable bonds is 31. The van der Waals surface area contributed by atoms with Crippen molar-refractivity contribution in [2.75, 3.05) is 20.5 Å². The third-order valence-electron chi connectivity index (χ3n) is 15.3. The molecule has 0 saturated carbocycles. The Morgan fingerprint density at radius 3 is 1.80 bits per heavy atom. The average molecular weight is 1050 g/mol. The second-order valence-electron chi connectivity index (χ2n) is 23.7. The lowest BCUT2D eigenvalue weighted by molar-refractivity contribution is -0.229. The van der Waals surface area contributed by atoms with Crippen LogP contribution in [0.4, 0.5) is 0 Å². The molecule has 11 nitrogen and oxygen atoms in total. The van der Waals surface area contributed by atoms with Gasteiger partial charge in [0.25, 0.3) is 0 Å². The Morgan fingerprint density at radius 2 is 1.22 bits per heavy atom. The number of methoxy groups -OCH3 is 1. The van der Waals surface area contributed by atoms with Crippen molar-refractivity contribution in [1.29, 1.82) is 0 Å². The predicted octanol–water partition coefficient (Wildman–Crippen LogP) is 14.1. The van der Waals surface area contributed by atoms with Crippen molar-refractivity contribution in [1.82, 2.24) is 0 Å². The second kappa shape index (κ2) is 28.7. The molecule has 11 atom stereocenters. The highest BCUT2D eigenvalue weighted by Crippen LogP contribution is 2.44. The summed E-state index contributed by atoms with van der Waals surface area (Å²) in [5.41, 5.74) is 4.48. The van der Waals surface area contributed by atoms with E-state index in [4.69, 9.17) is 51.8 Å². The Morgan fingerprint density at radius 1 is 0.676 bits per heavy atom. The Bertz CT molecular complexity index is 2060. The van der Waals surface area contributed by atoms with Crippen LogP contribution in [-0.4, -0.2) is 101 Å². The van der Waals surface area contributed by atoms with Crippen LogP contribution in [-0.2, 0) is 71.6 Å². The Balaban J connectivity index is 1.28. The summed E-state index contributed by atoms with van der Waals surface area (Å²) in [6, 6.07) is 31.2. The second-order valence-corrected chi connectivity index (χ2v) is 28.5. The molecule has 0 bridgehead atoms. The van der Waals surface area contributed by atoms with Gasteiger partial charge in [0.2, 0.25) is 0 Å². The molecule has 3 aromatic carbocycles. The van der Waals surface area contributed by atoms with E-state index < -0.39 is 32.1 Å². The topological polar surface area (TPSA) is 102 Å². The zero-order chi connectivity index (χ0) is 53.4. The predicted molar refractivity (Wildman–Crippen MR) is 296 cm³/mol. The molecule has 3 aliphatic rings. The number of hydrogen-bond acceptors (Lipinski definition) is 11. The lowest BCUT2D eigenvalue weighted by Crippen LogP contribution is -2.58. The fourth-order valence-corrected chi connectivity index (χ4v) is 11.6. The summed E-state index contributed by atoms with van der Waals surface area (Å²) in [4.78, 5) is 0. The van der Waals surface area contributed by atoms with Crippen molar-refractivity contribution in [3.63, 3.8) is 0 Å².